The van der Waals surface area contributed by atoms with Crippen molar-refractivity contribution in [1.29, 1.82) is 0 Å². The molecule has 20 heavy (non-hydrogen) atoms. The van der Waals surface area contributed by atoms with E-state index in [9.17, 15) is 4.39 Å². The summed E-state index contributed by atoms with van der Waals surface area (Å²) in [7, 11) is 0. The molecular formula is C18H20FN. The average molecular weight is 269 g/mol. The number of aryl methyl sites for hydroxylation is 2. The lowest BCUT2D eigenvalue weighted by molar-refractivity contribution is 0.489. The number of rotatable bonds is 3. The van der Waals surface area contributed by atoms with Crippen molar-refractivity contribution in [3.63, 3.8) is 0 Å². The predicted molar refractivity (Wildman–Crippen MR) is 80.1 cm³/mol. The summed E-state index contributed by atoms with van der Waals surface area (Å²) in [5, 5.41) is 0. The maximum absolute atomic E-state index is 13.0. The third kappa shape index (κ3) is 2.61. The average Bonchev–Trinajstić information content (AvgIpc) is 2.86. The molecule has 0 saturated heterocycles. The van der Waals surface area contributed by atoms with E-state index in [0.717, 1.165) is 12.0 Å². The molecule has 0 heterocycles. The fourth-order valence-corrected chi connectivity index (χ4v) is 3.09. The number of halogens is 1. The van der Waals surface area contributed by atoms with Crippen LogP contribution in [0.1, 0.15) is 35.6 Å². The summed E-state index contributed by atoms with van der Waals surface area (Å²) in [4.78, 5) is 0. The minimum atomic E-state index is -0.472. The van der Waals surface area contributed by atoms with Crippen molar-refractivity contribution >= 4 is 0 Å². The fourth-order valence-electron chi connectivity index (χ4n) is 3.09. The molecule has 0 radical (unpaired) electrons. The first-order valence-corrected chi connectivity index (χ1v) is 7.20. The third-order valence-electron chi connectivity index (χ3n) is 4.24. The maximum Gasteiger partial charge on any atom is 0.123 e. The second-order valence-corrected chi connectivity index (χ2v) is 6.06. The Morgan fingerprint density at radius 3 is 2.50 bits per heavy atom. The first-order valence-electron chi connectivity index (χ1n) is 7.20. The van der Waals surface area contributed by atoms with Gasteiger partial charge in [-0.05, 0) is 67.0 Å². The lowest BCUT2D eigenvalue weighted by atomic mass is 9.86. The van der Waals surface area contributed by atoms with E-state index < -0.39 is 5.54 Å². The van der Waals surface area contributed by atoms with Crippen LogP contribution >= 0.6 is 0 Å². The molecule has 0 fully saturated rings. The smallest absolute Gasteiger partial charge is 0.123 e. The maximum atomic E-state index is 13.0. The SMILES string of the molecule is CC(N)(Cc1ccc2c(c1)CCC2)c1ccc(F)cc1. The molecule has 2 heteroatoms. The Morgan fingerprint density at radius 2 is 1.75 bits per heavy atom. The van der Waals surface area contributed by atoms with Crippen LogP contribution in [0, 0.1) is 5.82 Å². The predicted octanol–water partition coefficient (Wildman–Crippen LogP) is 3.73. The number of hydrogen-bond acceptors (Lipinski definition) is 1. The lowest BCUT2D eigenvalue weighted by Gasteiger charge is -2.25. The molecule has 0 aromatic heterocycles. The van der Waals surface area contributed by atoms with Crippen molar-refractivity contribution in [2.24, 2.45) is 5.73 Å². The number of hydrogen-bond donors (Lipinski definition) is 1. The molecule has 1 aliphatic carbocycles. The lowest BCUT2D eigenvalue weighted by Crippen LogP contribution is -2.35. The van der Waals surface area contributed by atoms with Crippen LogP contribution in [0.3, 0.4) is 0 Å². The minimum absolute atomic E-state index is 0.220. The molecule has 1 nitrogen and oxygen atoms in total. The van der Waals surface area contributed by atoms with Crippen LogP contribution in [0.4, 0.5) is 4.39 Å². The number of benzene rings is 2. The van der Waals surface area contributed by atoms with Crippen LogP contribution in [-0.4, -0.2) is 0 Å². The van der Waals surface area contributed by atoms with E-state index in [-0.39, 0.29) is 5.82 Å². The fraction of sp³-hybridized carbons (Fsp3) is 0.333. The summed E-state index contributed by atoms with van der Waals surface area (Å²) in [6.45, 7) is 2.01. The summed E-state index contributed by atoms with van der Waals surface area (Å²) in [6.07, 6.45) is 4.41. The van der Waals surface area contributed by atoms with Crippen molar-refractivity contribution in [2.45, 2.75) is 38.1 Å². The van der Waals surface area contributed by atoms with Gasteiger partial charge in [-0.15, -0.1) is 0 Å². The van der Waals surface area contributed by atoms with Gasteiger partial charge in [-0.3, -0.25) is 0 Å². The van der Waals surface area contributed by atoms with E-state index >= 15 is 0 Å². The second-order valence-electron chi connectivity index (χ2n) is 6.06. The summed E-state index contributed by atoms with van der Waals surface area (Å²) < 4.78 is 13.0. The Hall–Kier alpha value is -1.67. The number of nitrogens with two attached hydrogens (primary N) is 1. The van der Waals surface area contributed by atoms with E-state index in [1.165, 1.54) is 48.1 Å². The molecule has 104 valence electrons. The zero-order chi connectivity index (χ0) is 14.2. The quantitative estimate of drug-likeness (QED) is 0.902. The van der Waals surface area contributed by atoms with E-state index in [2.05, 4.69) is 18.2 Å². The summed E-state index contributed by atoms with van der Waals surface area (Å²) >= 11 is 0. The molecule has 0 spiro atoms. The molecule has 0 aliphatic heterocycles. The minimum Gasteiger partial charge on any atom is -0.321 e. The second kappa shape index (κ2) is 5.02. The molecular weight excluding hydrogens is 249 g/mol. The van der Waals surface area contributed by atoms with Gasteiger partial charge in [0.05, 0.1) is 0 Å². The van der Waals surface area contributed by atoms with Crippen molar-refractivity contribution in [1.82, 2.24) is 0 Å². The van der Waals surface area contributed by atoms with E-state index in [1.54, 1.807) is 12.1 Å². The van der Waals surface area contributed by atoms with Crippen LogP contribution in [0.15, 0.2) is 42.5 Å². The van der Waals surface area contributed by atoms with Crippen molar-refractivity contribution in [3.05, 3.63) is 70.5 Å². The van der Waals surface area contributed by atoms with Crippen LogP contribution in [0.5, 0.6) is 0 Å². The van der Waals surface area contributed by atoms with Gasteiger partial charge in [0, 0.05) is 5.54 Å². The monoisotopic (exact) mass is 269 g/mol. The topological polar surface area (TPSA) is 26.0 Å². The standard InChI is InChI=1S/C18H20FN/c1-18(20,16-7-9-17(19)10-8-16)12-13-5-6-14-3-2-4-15(14)11-13/h5-11H,2-4,12,20H2,1H3. The van der Waals surface area contributed by atoms with Gasteiger partial charge >= 0.3 is 0 Å². The van der Waals surface area contributed by atoms with Gasteiger partial charge in [0.25, 0.3) is 0 Å². The Labute approximate surface area is 119 Å². The van der Waals surface area contributed by atoms with Gasteiger partial charge in [0.2, 0.25) is 0 Å². The Bertz CT molecular complexity index is 614. The van der Waals surface area contributed by atoms with Gasteiger partial charge < -0.3 is 5.73 Å². The van der Waals surface area contributed by atoms with Gasteiger partial charge in [-0.2, -0.15) is 0 Å². The highest BCUT2D eigenvalue weighted by Gasteiger charge is 2.22. The highest BCUT2D eigenvalue weighted by atomic mass is 19.1. The largest absolute Gasteiger partial charge is 0.321 e. The normalized spacial score (nSPS) is 16.8. The molecule has 1 aliphatic rings. The van der Waals surface area contributed by atoms with E-state index in [4.69, 9.17) is 5.73 Å². The zero-order valence-electron chi connectivity index (χ0n) is 11.8. The van der Waals surface area contributed by atoms with Gasteiger partial charge in [-0.25, -0.2) is 4.39 Å². The molecule has 3 rings (SSSR count). The number of fused-ring (bicyclic) bond motifs is 1. The third-order valence-corrected chi connectivity index (χ3v) is 4.24. The zero-order valence-corrected chi connectivity index (χ0v) is 11.8. The van der Waals surface area contributed by atoms with Crippen LogP contribution in [0.25, 0.3) is 0 Å². The molecule has 2 aromatic rings. The van der Waals surface area contributed by atoms with E-state index in [1.807, 2.05) is 6.92 Å². The van der Waals surface area contributed by atoms with Crippen molar-refractivity contribution < 1.29 is 4.39 Å². The Balaban J connectivity index is 1.84. The van der Waals surface area contributed by atoms with E-state index in [0.29, 0.717) is 0 Å². The van der Waals surface area contributed by atoms with Gasteiger partial charge in [0.15, 0.2) is 0 Å². The van der Waals surface area contributed by atoms with Gasteiger partial charge in [0.1, 0.15) is 5.82 Å². The van der Waals surface area contributed by atoms with Gasteiger partial charge in [-0.1, -0.05) is 30.3 Å². The summed E-state index contributed by atoms with van der Waals surface area (Å²) in [6, 6.07) is 13.2. The highest BCUT2D eigenvalue weighted by Crippen LogP contribution is 2.27. The molecule has 0 bridgehead atoms. The first-order chi connectivity index (χ1) is 9.54. The first kappa shape index (κ1) is 13.3. The molecule has 1 unspecified atom stereocenters. The van der Waals surface area contributed by atoms with Crippen molar-refractivity contribution in [3.8, 4) is 0 Å². The van der Waals surface area contributed by atoms with Crippen LogP contribution in [-0.2, 0) is 24.8 Å². The molecule has 0 amide bonds. The molecule has 2 N–H and O–H groups in total. The summed E-state index contributed by atoms with van der Waals surface area (Å²) in [5.74, 6) is -0.220. The van der Waals surface area contributed by atoms with Crippen molar-refractivity contribution in [2.75, 3.05) is 0 Å². The molecule has 2 aromatic carbocycles. The van der Waals surface area contributed by atoms with Crippen LogP contribution < -0.4 is 5.73 Å². The highest BCUT2D eigenvalue weighted by molar-refractivity contribution is 5.37. The molecule has 0 saturated carbocycles. The van der Waals surface area contributed by atoms with Crippen LogP contribution in [0.2, 0.25) is 0 Å². The molecule has 1 atom stereocenters. The Morgan fingerprint density at radius 1 is 1.05 bits per heavy atom. The summed E-state index contributed by atoms with van der Waals surface area (Å²) in [5.41, 5.74) is 11.2. The Kier molecular flexibility index (Phi) is 3.35.